The molecule has 0 saturated heterocycles. The molecule has 1 unspecified atom stereocenters. The average molecular weight is 168 g/mol. The van der Waals surface area contributed by atoms with Crippen LogP contribution in [0.15, 0.2) is 29.2 Å². The van der Waals surface area contributed by atoms with E-state index in [0.29, 0.717) is 0 Å². The predicted molar refractivity (Wildman–Crippen MR) is 48.9 cm³/mol. The van der Waals surface area contributed by atoms with Crippen molar-refractivity contribution in [3.63, 3.8) is 0 Å². The first-order chi connectivity index (χ1) is 5.24. The Morgan fingerprint density at radius 3 is 2.82 bits per heavy atom. The summed E-state index contributed by atoms with van der Waals surface area (Å²) in [7, 11) is 0. The van der Waals surface area contributed by atoms with Gasteiger partial charge in [0.2, 0.25) is 0 Å². The summed E-state index contributed by atoms with van der Waals surface area (Å²) in [6.45, 7) is 1.95. The molecule has 1 aromatic rings. The lowest BCUT2D eigenvalue weighted by molar-refractivity contribution is 0.173. The molecule has 0 aliphatic rings. The van der Waals surface area contributed by atoms with E-state index in [-0.39, 0.29) is 6.10 Å². The highest BCUT2D eigenvalue weighted by Crippen LogP contribution is 2.18. The molecule has 1 atom stereocenters. The van der Waals surface area contributed by atoms with Crippen molar-refractivity contribution in [3.8, 4) is 0 Å². The van der Waals surface area contributed by atoms with Gasteiger partial charge in [-0.05, 0) is 24.1 Å². The van der Waals surface area contributed by atoms with Crippen molar-refractivity contribution in [3.05, 3.63) is 29.8 Å². The van der Waals surface area contributed by atoms with Crippen molar-refractivity contribution in [1.29, 1.82) is 0 Å². The zero-order valence-electron chi connectivity index (χ0n) is 6.49. The fourth-order valence-electron chi connectivity index (χ4n) is 0.968. The van der Waals surface area contributed by atoms with E-state index in [9.17, 15) is 5.11 Å². The molecule has 1 aromatic carbocycles. The Kier molecular flexibility index (Phi) is 2.97. The van der Waals surface area contributed by atoms with E-state index < -0.39 is 0 Å². The summed E-state index contributed by atoms with van der Waals surface area (Å²) in [6.07, 6.45) is 0.402. The molecular weight excluding hydrogens is 156 g/mol. The maximum Gasteiger partial charge on any atom is 0.0787 e. The topological polar surface area (TPSA) is 20.2 Å². The highest BCUT2D eigenvalue weighted by Gasteiger charge is 2.02. The molecule has 0 aliphatic carbocycles. The summed E-state index contributed by atoms with van der Waals surface area (Å²) in [5.41, 5.74) is 0.944. The van der Waals surface area contributed by atoms with Gasteiger partial charge in [-0.1, -0.05) is 19.1 Å². The molecule has 0 aromatic heterocycles. The summed E-state index contributed by atoms with van der Waals surface area (Å²) in [5.74, 6) is 0. The Hall–Kier alpha value is -0.470. The van der Waals surface area contributed by atoms with Crippen LogP contribution in [0.3, 0.4) is 0 Å². The van der Waals surface area contributed by atoms with Gasteiger partial charge < -0.3 is 5.11 Å². The third-order valence-corrected chi connectivity index (χ3v) is 1.92. The lowest BCUT2D eigenvalue weighted by Crippen LogP contribution is -1.93. The molecular formula is C9H12OS. The van der Waals surface area contributed by atoms with Gasteiger partial charge in [0.1, 0.15) is 0 Å². The third-order valence-electron chi connectivity index (χ3n) is 1.64. The number of aliphatic hydroxyl groups excluding tert-OH is 1. The minimum atomic E-state index is -0.345. The minimum absolute atomic E-state index is 0.345. The van der Waals surface area contributed by atoms with Crippen molar-refractivity contribution < 1.29 is 5.11 Å². The van der Waals surface area contributed by atoms with Gasteiger partial charge in [0, 0.05) is 4.90 Å². The highest BCUT2D eigenvalue weighted by atomic mass is 32.1. The first-order valence-electron chi connectivity index (χ1n) is 3.71. The first kappa shape index (κ1) is 8.62. The fraction of sp³-hybridized carbons (Fsp3) is 0.333. The lowest BCUT2D eigenvalue weighted by atomic mass is 10.1. The van der Waals surface area contributed by atoms with Gasteiger partial charge in [-0.3, -0.25) is 0 Å². The molecule has 0 heterocycles. The molecule has 0 amide bonds. The Morgan fingerprint density at radius 1 is 1.55 bits per heavy atom. The van der Waals surface area contributed by atoms with Gasteiger partial charge in [0.25, 0.3) is 0 Å². The van der Waals surface area contributed by atoms with E-state index in [1.807, 2.05) is 31.2 Å². The molecule has 1 N–H and O–H groups in total. The van der Waals surface area contributed by atoms with Crippen molar-refractivity contribution >= 4 is 12.6 Å². The van der Waals surface area contributed by atoms with E-state index in [1.165, 1.54) is 0 Å². The van der Waals surface area contributed by atoms with Crippen molar-refractivity contribution in [2.24, 2.45) is 0 Å². The number of hydrogen-bond acceptors (Lipinski definition) is 2. The number of hydrogen-bond donors (Lipinski definition) is 2. The molecule has 60 valence electrons. The molecule has 1 rings (SSSR count). The molecule has 0 spiro atoms. The second-order valence-corrected chi connectivity index (χ2v) is 3.04. The zero-order valence-corrected chi connectivity index (χ0v) is 7.38. The second kappa shape index (κ2) is 3.79. The Bertz CT molecular complexity index is 235. The van der Waals surface area contributed by atoms with Crippen LogP contribution in [0.2, 0.25) is 0 Å². The summed E-state index contributed by atoms with van der Waals surface area (Å²) in [4.78, 5) is 0.898. The van der Waals surface area contributed by atoms with Crippen LogP contribution in [0.5, 0.6) is 0 Å². The Labute approximate surface area is 72.5 Å². The van der Waals surface area contributed by atoms with Crippen LogP contribution in [-0.4, -0.2) is 5.11 Å². The molecule has 0 radical (unpaired) electrons. The fourth-order valence-corrected chi connectivity index (χ4v) is 1.20. The van der Waals surface area contributed by atoms with E-state index in [1.54, 1.807) is 0 Å². The third kappa shape index (κ3) is 2.24. The summed E-state index contributed by atoms with van der Waals surface area (Å²) in [5, 5.41) is 9.42. The van der Waals surface area contributed by atoms with Crippen LogP contribution in [-0.2, 0) is 0 Å². The van der Waals surface area contributed by atoms with Gasteiger partial charge in [-0.15, -0.1) is 12.6 Å². The normalized spacial score (nSPS) is 13.0. The molecule has 0 saturated carbocycles. The van der Waals surface area contributed by atoms with Crippen LogP contribution < -0.4 is 0 Å². The second-order valence-electron chi connectivity index (χ2n) is 2.52. The zero-order chi connectivity index (χ0) is 8.27. The summed E-state index contributed by atoms with van der Waals surface area (Å²) in [6, 6.07) is 7.59. The van der Waals surface area contributed by atoms with Gasteiger partial charge >= 0.3 is 0 Å². The van der Waals surface area contributed by atoms with Crippen molar-refractivity contribution in [2.45, 2.75) is 24.3 Å². The lowest BCUT2D eigenvalue weighted by Gasteiger charge is -2.07. The maximum atomic E-state index is 9.42. The number of aliphatic hydroxyl groups is 1. The van der Waals surface area contributed by atoms with Gasteiger partial charge in [-0.25, -0.2) is 0 Å². The highest BCUT2D eigenvalue weighted by molar-refractivity contribution is 7.80. The molecule has 11 heavy (non-hydrogen) atoms. The van der Waals surface area contributed by atoms with Crippen molar-refractivity contribution in [1.82, 2.24) is 0 Å². The molecule has 2 heteroatoms. The van der Waals surface area contributed by atoms with E-state index in [4.69, 9.17) is 0 Å². The van der Waals surface area contributed by atoms with Crippen LogP contribution in [0.1, 0.15) is 25.0 Å². The summed E-state index contributed by atoms with van der Waals surface area (Å²) < 4.78 is 0. The van der Waals surface area contributed by atoms with E-state index >= 15 is 0 Å². The van der Waals surface area contributed by atoms with E-state index in [0.717, 1.165) is 16.9 Å². The Morgan fingerprint density at radius 2 is 2.27 bits per heavy atom. The standard InChI is InChI=1S/C9H12OS/c1-2-9(10)7-4-3-5-8(11)6-7/h3-6,9-11H,2H2,1H3. The minimum Gasteiger partial charge on any atom is -0.388 e. The van der Waals surface area contributed by atoms with Gasteiger partial charge in [-0.2, -0.15) is 0 Å². The quantitative estimate of drug-likeness (QED) is 0.650. The number of thiol groups is 1. The van der Waals surface area contributed by atoms with Crippen LogP contribution in [0, 0.1) is 0 Å². The monoisotopic (exact) mass is 168 g/mol. The number of rotatable bonds is 2. The predicted octanol–water partition coefficient (Wildman–Crippen LogP) is 2.42. The largest absolute Gasteiger partial charge is 0.388 e. The summed E-state index contributed by atoms with van der Waals surface area (Å²) >= 11 is 4.18. The molecule has 0 fully saturated rings. The SMILES string of the molecule is CCC(O)c1cccc(S)c1. The average Bonchev–Trinajstić information content (AvgIpc) is 2.03. The van der Waals surface area contributed by atoms with Gasteiger partial charge in [0.15, 0.2) is 0 Å². The molecule has 0 aliphatic heterocycles. The molecule has 0 bridgehead atoms. The Balaban J connectivity index is 2.86. The van der Waals surface area contributed by atoms with Gasteiger partial charge in [0.05, 0.1) is 6.10 Å². The maximum absolute atomic E-state index is 9.42. The molecule has 1 nitrogen and oxygen atoms in total. The first-order valence-corrected chi connectivity index (χ1v) is 4.15. The smallest absolute Gasteiger partial charge is 0.0787 e. The van der Waals surface area contributed by atoms with E-state index in [2.05, 4.69) is 12.6 Å². The van der Waals surface area contributed by atoms with Crippen molar-refractivity contribution in [2.75, 3.05) is 0 Å². The van der Waals surface area contributed by atoms with Crippen LogP contribution in [0.25, 0.3) is 0 Å². The number of benzene rings is 1. The van der Waals surface area contributed by atoms with Crippen LogP contribution >= 0.6 is 12.6 Å². The van der Waals surface area contributed by atoms with Crippen LogP contribution in [0.4, 0.5) is 0 Å².